The molecular weight excluding hydrogens is 244 g/mol. The molecule has 0 aliphatic heterocycles. The summed E-state index contributed by atoms with van der Waals surface area (Å²) in [6.45, 7) is 1.98. The SMILES string of the molecule is CC(N)c1ccc(SCCCC(=O)N(C)C)cc1. The molecule has 0 radical (unpaired) electrons. The lowest BCUT2D eigenvalue weighted by atomic mass is 10.1. The molecule has 1 aromatic carbocycles. The number of amides is 1. The number of carbonyl (C=O) groups is 1. The van der Waals surface area contributed by atoms with Gasteiger partial charge in [-0.3, -0.25) is 4.79 Å². The minimum Gasteiger partial charge on any atom is -0.349 e. The quantitative estimate of drug-likeness (QED) is 0.636. The van der Waals surface area contributed by atoms with Gasteiger partial charge in [0.05, 0.1) is 0 Å². The third-order valence-corrected chi connectivity index (χ3v) is 3.81. The van der Waals surface area contributed by atoms with E-state index in [0.717, 1.165) is 17.7 Å². The number of benzene rings is 1. The van der Waals surface area contributed by atoms with E-state index in [-0.39, 0.29) is 11.9 Å². The highest BCUT2D eigenvalue weighted by Gasteiger charge is 2.03. The molecule has 4 heteroatoms. The van der Waals surface area contributed by atoms with Gasteiger partial charge in [-0.25, -0.2) is 0 Å². The molecule has 0 heterocycles. The van der Waals surface area contributed by atoms with Crippen LogP contribution in [0.25, 0.3) is 0 Å². The van der Waals surface area contributed by atoms with Crippen LogP contribution >= 0.6 is 11.8 Å². The zero-order valence-corrected chi connectivity index (χ0v) is 12.2. The normalized spacial score (nSPS) is 12.2. The summed E-state index contributed by atoms with van der Waals surface area (Å²) in [4.78, 5) is 14.3. The van der Waals surface area contributed by atoms with E-state index in [1.165, 1.54) is 4.90 Å². The van der Waals surface area contributed by atoms with Crippen LogP contribution in [0, 0.1) is 0 Å². The minimum atomic E-state index is 0.0850. The van der Waals surface area contributed by atoms with Gasteiger partial charge in [0.1, 0.15) is 0 Å². The average molecular weight is 266 g/mol. The Morgan fingerprint density at radius 1 is 1.33 bits per heavy atom. The van der Waals surface area contributed by atoms with Crippen LogP contribution in [0.1, 0.15) is 31.4 Å². The monoisotopic (exact) mass is 266 g/mol. The molecule has 0 aliphatic carbocycles. The summed E-state index contributed by atoms with van der Waals surface area (Å²) in [6, 6.07) is 8.41. The summed E-state index contributed by atoms with van der Waals surface area (Å²) in [5.41, 5.74) is 6.95. The Bertz CT molecular complexity index is 374. The summed E-state index contributed by atoms with van der Waals surface area (Å²) in [7, 11) is 3.59. The number of hydrogen-bond acceptors (Lipinski definition) is 3. The maximum Gasteiger partial charge on any atom is 0.222 e. The highest BCUT2D eigenvalue weighted by Crippen LogP contribution is 2.21. The first-order valence-electron chi connectivity index (χ1n) is 6.19. The van der Waals surface area contributed by atoms with Crippen LogP contribution in [-0.2, 0) is 4.79 Å². The van der Waals surface area contributed by atoms with Crippen LogP contribution in [0.5, 0.6) is 0 Å². The second kappa shape index (κ2) is 7.44. The first kappa shape index (κ1) is 15.1. The van der Waals surface area contributed by atoms with Crippen LogP contribution in [0.4, 0.5) is 0 Å². The fraction of sp³-hybridized carbons (Fsp3) is 0.500. The number of nitrogens with two attached hydrogens (primary N) is 1. The van der Waals surface area contributed by atoms with Crippen molar-refractivity contribution in [3.8, 4) is 0 Å². The molecule has 0 bridgehead atoms. The van der Waals surface area contributed by atoms with Gasteiger partial charge < -0.3 is 10.6 Å². The number of hydrogen-bond donors (Lipinski definition) is 1. The topological polar surface area (TPSA) is 46.3 Å². The van der Waals surface area contributed by atoms with Crippen LogP contribution in [0.15, 0.2) is 29.2 Å². The molecule has 1 aromatic rings. The molecule has 1 rings (SSSR count). The molecule has 100 valence electrons. The van der Waals surface area contributed by atoms with E-state index in [4.69, 9.17) is 5.73 Å². The van der Waals surface area contributed by atoms with E-state index in [1.54, 1.807) is 30.8 Å². The highest BCUT2D eigenvalue weighted by atomic mass is 32.2. The van der Waals surface area contributed by atoms with Gasteiger partial charge in [0.25, 0.3) is 0 Å². The van der Waals surface area contributed by atoms with Crippen LogP contribution in [-0.4, -0.2) is 30.7 Å². The smallest absolute Gasteiger partial charge is 0.222 e. The number of rotatable bonds is 6. The van der Waals surface area contributed by atoms with Gasteiger partial charge in [-0.05, 0) is 36.8 Å². The molecule has 0 fully saturated rings. The Hall–Kier alpha value is -1.00. The van der Waals surface area contributed by atoms with Crippen molar-refractivity contribution in [2.24, 2.45) is 5.73 Å². The first-order valence-corrected chi connectivity index (χ1v) is 7.17. The van der Waals surface area contributed by atoms with E-state index in [9.17, 15) is 4.79 Å². The van der Waals surface area contributed by atoms with Crippen molar-refractivity contribution in [3.63, 3.8) is 0 Å². The number of carbonyl (C=O) groups excluding carboxylic acids is 1. The Labute approximate surface area is 114 Å². The van der Waals surface area contributed by atoms with Gasteiger partial charge in [-0.1, -0.05) is 12.1 Å². The zero-order chi connectivity index (χ0) is 13.5. The van der Waals surface area contributed by atoms with Crippen molar-refractivity contribution < 1.29 is 4.79 Å². The Morgan fingerprint density at radius 2 is 1.94 bits per heavy atom. The van der Waals surface area contributed by atoms with Gasteiger partial charge in [0, 0.05) is 31.5 Å². The summed E-state index contributed by atoms with van der Waals surface area (Å²) in [5.74, 6) is 1.17. The van der Waals surface area contributed by atoms with Gasteiger partial charge in [-0.2, -0.15) is 0 Å². The Morgan fingerprint density at radius 3 is 2.44 bits per heavy atom. The Kier molecular flexibility index (Phi) is 6.22. The fourth-order valence-electron chi connectivity index (χ4n) is 1.50. The van der Waals surface area contributed by atoms with Gasteiger partial charge in [0.2, 0.25) is 5.91 Å². The van der Waals surface area contributed by atoms with Crippen molar-refractivity contribution >= 4 is 17.7 Å². The third-order valence-electron chi connectivity index (χ3n) is 2.71. The molecule has 0 aliphatic rings. The van der Waals surface area contributed by atoms with Crippen molar-refractivity contribution in [3.05, 3.63) is 29.8 Å². The second-order valence-electron chi connectivity index (χ2n) is 4.60. The summed E-state index contributed by atoms with van der Waals surface area (Å²) >= 11 is 1.78. The molecule has 0 saturated heterocycles. The molecule has 1 atom stereocenters. The predicted octanol–water partition coefficient (Wildman–Crippen LogP) is 2.67. The van der Waals surface area contributed by atoms with Crippen molar-refractivity contribution in [2.45, 2.75) is 30.7 Å². The molecule has 3 nitrogen and oxygen atoms in total. The van der Waals surface area contributed by atoms with E-state index in [1.807, 2.05) is 6.92 Å². The summed E-state index contributed by atoms with van der Waals surface area (Å²) < 4.78 is 0. The van der Waals surface area contributed by atoms with Crippen LogP contribution in [0.2, 0.25) is 0 Å². The van der Waals surface area contributed by atoms with Gasteiger partial charge in [-0.15, -0.1) is 11.8 Å². The highest BCUT2D eigenvalue weighted by molar-refractivity contribution is 7.99. The lowest BCUT2D eigenvalue weighted by molar-refractivity contribution is -0.128. The summed E-state index contributed by atoms with van der Waals surface area (Å²) in [6.07, 6.45) is 1.54. The zero-order valence-electron chi connectivity index (χ0n) is 11.3. The van der Waals surface area contributed by atoms with Crippen molar-refractivity contribution in [1.82, 2.24) is 4.90 Å². The molecule has 0 spiro atoms. The number of thioether (sulfide) groups is 1. The standard InChI is InChI=1S/C14H22N2OS/c1-11(15)12-6-8-13(9-7-12)18-10-4-5-14(17)16(2)3/h6-9,11H,4-5,10,15H2,1-3H3. The summed E-state index contributed by atoms with van der Waals surface area (Å²) in [5, 5.41) is 0. The van der Waals surface area contributed by atoms with Crippen LogP contribution < -0.4 is 5.73 Å². The molecule has 2 N–H and O–H groups in total. The third kappa shape index (κ3) is 5.10. The van der Waals surface area contributed by atoms with E-state index in [0.29, 0.717) is 6.42 Å². The van der Waals surface area contributed by atoms with Crippen LogP contribution in [0.3, 0.4) is 0 Å². The van der Waals surface area contributed by atoms with Crippen molar-refractivity contribution in [2.75, 3.05) is 19.8 Å². The molecule has 0 saturated carbocycles. The van der Waals surface area contributed by atoms with Crippen molar-refractivity contribution in [1.29, 1.82) is 0 Å². The Balaban J connectivity index is 2.29. The maximum atomic E-state index is 11.4. The molecule has 1 unspecified atom stereocenters. The molecular formula is C14H22N2OS. The average Bonchev–Trinajstić information content (AvgIpc) is 2.34. The molecule has 0 aromatic heterocycles. The second-order valence-corrected chi connectivity index (χ2v) is 5.77. The van der Waals surface area contributed by atoms with Gasteiger partial charge >= 0.3 is 0 Å². The molecule has 18 heavy (non-hydrogen) atoms. The van der Waals surface area contributed by atoms with E-state index < -0.39 is 0 Å². The number of nitrogens with zero attached hydrogens (tertiary/aromatic N) is 1. The minimum absolute atomic E-state index is 0.0850. The largest absolute Gasteiger partial charge is 0.349 e. The molecule has 1 amide bonds. The predicted molar refractivity (Wildman–Crippen MR) is 77.7 cm³/mol. The van der Waals surface area contributed by atoms with E-state index in [2.05, 4.69) is 24.3 Å². The fourth-order valence-corrected chi connectivity index (χ4v) is 2.36. The van der Waals surface area contributed by atoms with Gasteiger partial charge in [0.15, 0.2) is 0 Å². The maximum absolute atomic E-state index is 11.4. The first-order chi connectivity index (χ1) is 8.50. The lowest BCUT2D eigenvalue weighted by Gasteiger charge is -2.10. The van der Waals surface area contributed by atoms with E-state index >= 15 is 0 Å². The lowest BCUT2D eigenvalue weighted by Crippen LogP contribution is -2.21.